The van der Waals surface area contributed by atoms with Gasteiger partial charge in [-0.15, -0.1) is 24.8 Å². The molecule has 0 amide bonds. The van der Waals surface area contributed by atoms with Gasteiger partial charge in [0.2, 0.25) is 0 Å². The third kappa shape index (κ3) is 6.16. The molecule has 1 N–H and O–H groups in total. The largest absolute Gasteiger partial charge is 0.508 e. The number of aromatic hydroxyl groups is 1. The van der Waals surface area contributed by atoms with Crippen LogP contribution in [0.3, 0.4) is 0 Å². The van der Waals surface area contributed by atoms with Crippen molar-refractivity contribution >= 4 is 38.1 Å². The second-order valence-electron chi connectivity index (χ2n) is 4.17. The Kier molecular flexibility index (Phi) is 11.4. The minimum atomic E-state index is -1.35. The van der Waals surface area contributed by atoms with Crippen LogP contribution < -0.4 is 9.92 Å². The minimum Gasteiger partial charge on any atom is -0.508 e. The maximum absolute atomic E-state index is 9.43. The van der Waals surface area contributed by atoms with Gasteiger partial charge in [0.1, 0.15) is 11.5 Å². The average molecular weight is 317 g/mol. The van der Waals surface area contributed by atoms with Gasteiger partial charge in [0.05, 0.1) is 15.2 Å². The van der Waals surface area contributed by atoms with Crippen LogP contribution in [0.5, 0.6) is 11.5 Å². The molecule has 0 aromatic heterocycles. The number of hydrogen-bond donors (Lipinski definition) is 1. The zero-order valence-corrected chi connectivity index (χ0v) is 14.1. The summed E-state index contributed by atoms with van der Waals surface area (Å²) in [5.74, 6) is 1.02. The molecule has 1 rings (SSSR count). The van der Waals surface area contributed by atoms with Gasteiger partial charge in [0.15, 0.2) is 0 Å². The van der Waals surface area contributed by atoms with Crippen LogP contribution in [0.4, 0.5) is 0 Å². The molecular weight excluding hydrogens is 299 g/mol. The maximum Gasteiger partial charge on any atom is 0.122 e. The second kappa shape index (κ2) is 8.43. The minimum absolute atomic E-state index is 0. The van der Waals surface area contributed by atoms with E-state index in [0.717, 1.165) is 5.75 Å². The van der Waals surface area contributed by atoms with E-state index in [0.29, 0.717) is 0 Å². The number of ether oxygens (including phenoxy) is 1. The van der Waals surface area contributed by atoms with Gasteiger partial charge in [-0.3, -0.25) is 0 Å². The molecule has 1 aromatic rings. The van der Waals surface area contributed by atoms with Gasteiger partial charge in [-0.1, -0.05) is 24.8 Å². The molecule has 92 valence electrons. The van der Waals surface area contributed by atoms with Crippen molar-refractivity contribution in [2.75, 3.05) is 7.11 Å². The Morgan fingerprint density at radius 2 is 1.56 bits per heavy atom. The Morgan fingerprint density at radius 3 is 1.94 bits per heavy atom. The summed E-state index contributed by atoms with van der Waals surface area (Å²) in [5.41, 5.74) is 0. The number of phenols is 1. The van der Waals surface area contributed by atoms with Gasteiger partial charge in [0.25, 0.3) is 0 Å². The van der Waals surface area contributed by atoms with Crippen molar-refractivity contribution in [1.29, 1.82) is 0 Å². The molecule has 0 bridgehead atoms. The fourth-order valence-corrected chi connectivity index (χ4v) is 2.29. The van der Waals surface area contributed by atoms with Crippen LogP contribution in [0.2, 0.25) is 19.6 Å². The van der Waals surface area contributed by atoms with Crippen LogP contribution >= 0.6 is 24.8 Å². The first-order valence-corrected chi connectivity index (χ1v) is 7.82. The Morgan fingerprint density at radius 1 is 1.06 bits per heavy atom. The van der Waals surface area contributed by atoms with E-state index in [1.807, 2.05) is 12.1 Å². The molecule has 0 saturated carbocycles. The van der Waals surface area contributed by atoms with Crippen LogP contribution in [0.1, 0.15) is 0 Å². The fraction of sp³-hybridized carbons (Fsp3) is 0.400. The van der Waals surface area contributed by atoms with Gasteiger partial charge in [-0.05, 0) is 12.1 Å². The van der Waals surface area contributed by atoms with Crippen molar-refractivity contribution in [3.63, 3.8) is 0 Å². The molecule has 2 nitrogen and oxygen atoms in total. The van der Waals surface area contributed by atoms with Crippen LogP contribution in [-0.4, -0.2) is 20.3 Å². The third-order valence-corrected chi connectivity index (χ3v) is 4.01. The first-order valence-electron chi connectivity index (χ1n) is 4.32. The number of methoxy groups -OCH3 is 1. The molecule has 1 aromatic carbocycles. The first kappa shape index (κ1) is 21.6. The van der Waals surface area contributed by atoms with Crippen molar-refractivity contribution in [2.24, 2.45) is 0 Å². The zero-order chi connectivity index (χ0) is 10.1. The molecule has 0 aliphatic carbocycles. The molecule has 0 unspecified atom stereocenters. The number of rotatable bonds is 2. The van der Waals surface area contributed by atoms with E-state index in [2.05, 4.69) is 19.6 Å². The summed E-state index contributed by atoms with van der Waals surface area (Å²) in [7, 11) is 0.261. The van der Waals surface area contributed by atoms with Crippen LogP contribution in [0.15, 0.2) is 18.2 Å². The maximum atomic E-state index is 9.43. The molecule has 0 aliphatic heterocycles. The normalized spacial score (nSPS) is 9.25. The molecular formula is C10H18Cl2O2SiTi. The van der Waals surface area contributed by atoms with Crippen molar-refractivity contribution < 1.29 is 31.6 Å². The molecule has 16 heavy (non-hydrogen) atoms. The van der Waals surface area contributed by atoms with Crippen molar-refractivity contribution in [1.82, 2.24) is 0 Å². The molecule has 0 atom stereocenters. The van der Waals surface area contributed by atoms with Crippen molar-refractivity contribution in [3.8, 4) is 11.5 Å². The topological polar surface area (TPSA) is 29.5 Å². The molecule has 0 heterocycles. The average Bonchev–Trinajstić information content (AvgIpc) is 2.01. The standard InChI is InChI=1S/C10H16O2Si.2ClH.Ti/c1-12-9-5-8(11)6-10(7-9)13(2,3)4;;;/h5-7,11H,1-4H3;2*1H;. The molecule has 0 saturated heterocycles. The van der Waals surface area contributed by atoms with Crippen LogP contribution in [-0.2, 0) is 21.7 Å². The SMILES string of the molecule is COc1cc(O)cc([Si](C)(C)C)c1.Cl.Cl.[Ti]. The molecule has 0 aliphatic rings. The predicted octanol–water partition coefficient (Wildman–Crippen LogP) is 2.79. The molecule has 0 radical (unpaired) electrons. The van der Waals surface area contributed by atoms with Crippen molar-refractivity contribution in [2.45, 2.75) is 19.6 Å². The molecule has 0 fully saturated rings. The van der Waals surface area contributed by atoms with Crippen molar-refractivity contribution in [3.05, 3.63) is 18.2 Å². The van der Waals surface area contributed by atoms with Gasteiger partial charge >= 0.3 is 0 Å². The summed E-state index contributed by atoms with van der Waals surface area (Å²) < 4.78 is 5.09. The van der Waals surface area contributed by atoms with E-state index in [1.165, 1.54) is 5.19 Å². The molecule has 0 spiro atoms. The first-order chi connectivity index (χ1) is 5.93. The number of benzene rings is 1. The van der Waals surface area contributed by atoms with E-state index >= 15 is 0 Å². The Balaban J connectivity index is -0.000000563. The smallest absolute Gasteiger partial charge is 0.122 e. The second-order valence-corrected chi connectivity index (χ2v) is 9.25. The number of phenolic OH excluding ortho intramolecular Hbond substituents is 1. The monoisotopic (exact) mass is 316 g/mol. The van der Waals surface area contributed by atoms with Gasteiger partial charge < -0.3 is 9.84 Å². The summed E-state index contributed by atoms with van der Waals surface area (Å²) in [6.45, 7) is 6.71. The van der Waals surface area contributed by atoms with Crippen LogP contribution in [0, 0.1) is 0 Å². The summed E-state index contributed by atoms with van der Waals surface area (Å²) in [4.78, 5) is 0. The summed E-state index contributed by atoms with van der Waals surface area (Å²) in [6.07, 6.45) is 0. The van der Waals surface area contributed by atoms with E-state index in [4.69, 9.17) is 4.74 Å². The summed E-state index contributed by atoms with van der Waals surface area (Å²) in [5, 5.41) is 10.6. The third-order valence-electron chi connectivity index (χ3n) is 1.99. The van der Waals surface area contributed by atoms with E-state index < -0.39 is 8.07 Å². The Hall–Kier alpha value is 0.331. The van der Waals surface area contributed by atoms with E-state index in [-0.39, 0.29) is 52.3 Å². The van der Waals surface area contributed by atoms with Gasteiger partial charge in [-0.2, -0.15) is 0 Å². The van der Waals surface area contributed by atoms with E-state index in [1.54, 1.807) is 13.2 Å². The predicted molar refractivity (Wildman–Crippen MR) is 72.1 cm³/mol. The number of halogens is 2. The van der Waals surface area contributed by atoms with Gasteiger partial charge in [0, 0.05) is 27.8 Å². The Labute approximate surface area is 125 Å². The van der Waals surface area contributed by atoms with Gasteiger partial charge in [-0.25, -0.2) is 0 Å². The zero-order valence-electron chi connectivity index (χ0n) is 9.90. The Bertz CT molecular complexity index is 316. The van der Waals surface area contributed by atoms with Crippen LogP contribution in [0.25, 0.3) is 0 Å². The number of hydrogen-bond acceptors (Lipinski definition) is 2. The molecule has 6 heteroatoms. The summed E-state index contributed by atoms with van der Waals surface area (Å²) in [6, 6.07) is 5.46. The summed E-state index contributed by atoms with van der Waals surface area (Å²) >= 11 is 0. The quantitative estimate of drug-likeness (QED) is 0.850. The van der Waals surface area contributed by atoms with E-state index in [9.17, 15) is 5.11 Å². The fourth-order valence-electron chi connectivity index (χ4n) is 1.13.